The number of hydrogen-bond acceptors (Lipinski definition) is 4. The summed E-state index contributed by atoms with van der Waals surface area (Å²) in [5.41, 5.74) is 0.639. The summed E-state index contributed by atoms with van der Waals surface area (Å²) in [4.78, 5) is 21.0. The van der Waals surface area contributed by atoms with Crippen molar-refractivity contribution in [3.63, 3.8) is 0 Å². The van der Waals surface area contributed by atoms with Gasteiger partial charge in [-0.25, -0.2) is 0 Å². The number of ether oxygens (including phenoxy) is 2. The smallest absolute Gasteiger partial charge is 0.310 e. The molecule has 68 valence electrons. The quantitative estimate of drug-likeness (QED) is 0.466. The van der Waals surface area contributed by atoms with Gasteiger partial charge >= 0.3 is 11.9 Å². The minimum absolute atomic E-state index is 0.0324. The number of rotatable bonds is 2. The molecule has 0 N–H and O–H groups in total. The van der Waals surface area contributed by atoms with Crippen LogP contribution in [0.2, 0.25) is 0 Å². The fraction of sp³-hybridized carbons (Fsp3) is 0.500. The largest absolute Gasteiger partial charge is 0.393 e. The second kappa shape index (κ2) is 4.54. The summed E-state index contributed by atoms with van der Waals surface area (Å²) in [5, 5.41) is 0. The number of allylic oxidation sites excluding steroid dienone is 1. The molecule has 0 aliphatic heterocycles. The summed E-state index contributed by atoms with van der Waals surface area (Å²) in [6.07, 6.45) is 0. The fourth-order valence-corrected chi connectivity index (χ4v) is 0.486. The first kappa shape index (κ1) is 10.7. The van der Waals surface area contributed by atoms with E-state index < -0.39 is 11.9 Å². The Balaban J connectivity index is 4.37. The van der Waals surface area contributed by atoms with Crippen molar-refractivity contribution in [3.05, 3.63) is 11.5 Å². The van der Waals surface area contributed by atoms with Gasteiger partial charge in [0.1, 0.15) is 0 Å². The molecule has 4 heteroatoms. The molecule has 0 fully saturated rings. The molecule has 0 saturated carbocycles. The van der Waals surface area contributed by atoms with Gasteiger partial charge in [0.25, 0.3) is 5.95 Å². The van der Waals surface area contributed by atoms with Gasteiger partial charge in [-0.1, -0.05) is 0 Å². The van der Waals surface area contributed by atoms with E-state index in [-0.39, 0.29) is 5.95 Å². The molecular weight excluding hydrogens is 160 g/mol. The molecule has 0 rings (SSSR count). The number of carbonyl (C=O) groups excluding carboxylic acids is 2. The van der Waals surface area contributed by atoms with Gasteiger partial charge in [-0.15, -0.1) is 0 Å². The summed E-state index contributed by atoms with van der Waals surface area (Å²) >= 11 is 0. The number of hydrogen-bond donors (Lipinski definition) is 0. The molecule has 0 radical (unpaired) electrons. The van der Waals surface area contributed by atoms with E-state index in [0.29, 0.717) is 5.57 Å². The highest BCUT2D eigenvalue weighted by molar-refractivity contribution is 5.70. The van der Waals surface area contributed by atoms with Crippen molar-refractivity contribution in [2.75, 3.05) is 0 Å². The second-order valence-electron chi connectivity index (χ2n) is 2.47. The van der Waals surface area contributed by atoms with Gasteiger partial charge in [-0.05, 0) is 13.8 Å². The van der Waals surface area contributed by atoms with Crippen LogP contribution in [0.4, 0.5) is 0 Å². The third-order valence-corrected chi connectivity index (χ3v) is 0.881. The molecule has 0 bridgehead atoms. The van der Waals surface area contributed by atoms with Crippen molar-refractivity contribution in [1.82, 2.24) is 0 Å². The molecule has 0 aliphatic rings. The van der Waals surface area contributed by atoms with Crippen LogP contribution in [0, 0.1) is 0 Å². The Morgan fingerprint density at radius 3 is 1.33 bits per heavy atom. The van der Waals surface area contributed by atoms with Crippen molar-refractivity contribution in [1.29, 1.82) is 0 Å². The maximum Gasteiger partial charge on any atom is 0.310 e. The first-order chi connectivity index (χ1) is 5.43. The molecule has 0 amide bonds. The van der Waals surface area contributed by atoms with E-state index in [1.165, 1.54) is 13.8 Å². The molecule has 0 heterocycles. The Hall–Kier alpha value is -1.32. The van der Waals surface area contributed by atoms with Crippen molar-refractivity contribution in [3.8, 4) is 0 Å². The number of esters is 2. The van der Waals surface area contributed by atoms with Crippen LogP contribution in [0.25, 0.3) is 0 Å². The summed E-state index contributed by atoms with van der Waals surface area (Å²) in [5.74, 6) is -1.05. The molecular formula is C8H12O4. The van der Waals surface area contributed by atoms with Crippen LogP contribution in [0.3, 0.4) is 0 Å². The summed E-state index contributed by atoms with van der Waals surface area (Å²) in [6, 6.07) is 0. The van der Waals surface area contributed by atoms with E-state index in [4.69, 9.17) is 0 Å². The Morgan fingerprint density at radius 2 is 1.17 bits per heavy atom. The summed E-state index contributed by atoms with van der Waals surface area (Å²) in [7, 11) is 0. The normalized spacial score (nSPS) is 8.67. The molecule has 0 aromatic rings. The monoisotopic (exact) mass is 172 g/mol. The lowest BCUT2D eigenvalue weighted by Crippen LogP contribution is -2.07. The predicted molar refractivity (Wildman–Crippen MR) is 41.9 cm³/mol. The third kappa shape index (κ3) is 4.49. The van der Waals surface area contributed by atoms with Gasteiger partial charge in [-0.2, -0.15) is 0 Å². The van der Waals surface area contributed by atoms with Crippen LogP contribution >= 0.6 is 0 Å². The minimum Gasteiger partial charge on any atom is -0.393 e. The standard InChI is InChI=1S/C8H12O4/c1-5(2)8(11-6(3)9)12-7(4)10/h1-4H3. The van der Waals surface area contributed by atoms with E-state index in [1.54, 1.807) is 13.8 Å². The summed E-state index contributed by atoms with van der Waals surface area (Å²) < 4.78 is 9.24. The van der Waals surface area contributed by atoms with Crippen molar-refractivity contribution in [2.24, 2.45) is 0 Å². The van der Waals surface area contributed by atoms with Crippen molar-refractivity contribution < 1.29 is 19.1 Å². The van der Waals surface area contributed by atoms with Crippen LogP contribution in [-0.4, -0.2) is 11.9 Å². The van der Waals surface area contributed by atoms with Gasteiger partial charge in [0.15, 0.2) is 0 Å². The molecule has 0 saturated heterocycles. The lowest BCUT2D eigenvalue weighted by molar-refractivity contribution is -0.151. The van der Waals surface area contributed by atoms with E-state index in [0.717, 1.165) is 0 Å². The SMILES string of the molecule is CC(=O)OC(OC(C)=O)=C(C)C. The van der Waals surface area contributed by atoms with Gasteiger partial charge < -0.3 is 9.47 Å². The van der Waals surface area contributed by atoms with E-state index in [2.05, 4.69) is 9.47 Å². The fourth-order valence-electron chi connectivity index (χ4n) is 0.486. The Bertz CT molecular complexity index is 205. The second-order valence-corrected chi connectivity index (χ2v) is 2.47. The average molecular weight is 172 g/mol. The molecule has 12 heavy (non-hydrogen) atoms. The van der Waals surface area contributed by atoms with Crippen LogP contribution in [0.1, 0.15) is 27.7 Å². The minimum atomic E-state index is -0.507. The maximum absolute atomic E-state index is 10.5. The van der Waals surface area contributed by atoms with E-state index >= 15 is 0 Å². The molecule has 0 aliphatic carbocycles. The van der Waals surface area contributed by atoms with Crippen molar-refractivity contribution in [2.45, 2.75) is 27.7 Å². The highest BCUT2D eigenvalue weighted by Gasteiger charge is 2.07. The van der Waals surface area contributed by atoms with Crippen LogP contribution in [0.15, 0.2) is 11.5 Å². The third-order valence-electron chi connectivity index (χ3n) is 0.881. The zero-order valence-electron chi connectivity index (χ0n) is 7.63. The summed E-state index contributed by atoms with van der Waals surface area (Å²) in [6.45, 7) is 5.85. The lowest BCUT2D eigenvalue weighted by atomic mass is 10.4. The topological polar surface area (TPSA) is 52.6 Å². The predicted octanol–water partition coefficient (Wildman–Crippen LogP) is 1.36. The van der Waals surface area contributed by atoms with Gasteiger partial charge in [0.05, 0.1) is 0 Å². The van der Waals surface area contributed by atoms with Crippen molar-refractivity contribution >= 4 is 11.9 Å². The van der Waals surface area contributed by atoms with Crippen LogP contribution in [-0.2, 0) is 19.1 Å². The van der Waals surface area contributed by atoms with E-state index in [9.17, 15) is 9.59 Å². The highest BCUT2D eigenvalue weighted by Crippen LogP contribution is 2.07. The van der Waals surface area contributed by atoms with E-state index in [1.807, 2.05) is 0 Å². The number of carbonyl (C=O) groups is 2. The molecule has 0 spiro atoms. The Kier molecular flexibility index (Phi) is 4.04. The van der Waals surface area contributed by atoms with Crippen LogP contribution in [0.5, 0.6) is 0 Å². The molecule has 4 nitrogen and oxygen atoms in total. The zero-order valence-corrected chi connectivity index (χ0v) is 7.63. The maximum atomic E-state index is 10.5. The lowest BCUT2D eigenvalue weighted by Gasteiger charge is -2.06. The van der Waals surface area contributed by atoms with Gasteiger partial charge in [0, 0.05) is 19.4 Å². The molecule has 0 aromatic carbocycles. The zero-order chi connectivity index (χ0) is 9.72. The first-order valence-electron chi connectivity index (χ1n) is 3.47. The highest BCUT2D eigenvalue weighted by atomic mass is 16.7. The molecule has 0 atom stereocenters. The Labute approximate surface area is 71.2 Å². The molecule has 0 unspecified atom stereocenters. The average Bonchev–Trinajstić information content (AvgIpc) is 1.83. The Morgan fingerprint density at radius 1 is 0.833 bits per heavy atom. The molecule has 0 aromatic heterocycles. The first-order valence-corrected chi connectivity index (χ1v) is 3.47. The van der Waals surface area contributed by atoms with Gasteiger partial charge in [-0.3, -0.25) is 9.59 Å². The van der Waals surface area contributed by atoms with Crippen LogP contribution < -0.4 is 0 Å². The van der Waals surface area contributed by atoms with Gasteiger partial charge in [0.2, 0.25) is 0 Å².